The SMILES string of the molecule is O=C(NCc1ccc(C2CC2)cc1F)c1cnn2cccc(Cl)c12. The number of nitrogens with zero attached hydrogens (tertiary/aromatic N) is 2. The van der Waals surface area contributed by atoms with Crippen LogP contribution < -0.4 is 5.32 Å². The molecule has 2 heterocycles. The van der Waals surface area contributed by atoms with Gasteiger partial charge in [0.1, 0.15) is 5.82 Å². The molecule has 3 aromatic rings. The number of amides is 1. The van der Waals surface area contributed by atoms with E-state index < -0.39 is 0 Å². The van der Waals surface area contributed by atoms with Crippen LogP contribution in [0.25, 0.3) is 5.52 Å². The highest BCUT2D eigenvalue weighted by Crippen LogP contribution is 2.40. The van der Waals surface area contributed by atoms with E-state index in [2.05, 4.69) is 10.4 Å². The summed E-state index contributed by atoms with van der Waals surface area (Å²) in [4.78, 5) is 12.4. The molecule has 4 nitrogen and oxygen atoms in total. The zero-order valence-electron chi connectivity index (χ0n) is 12.8. The van der Waals surface area contributed by atoms with Crippen LogP contribution in [0.1, 0.15) is 40.2 Å². The van der Waals surface area contributed by atoms with Crippen LogP contribution >= 0.6 is 11.6 Å². The fourth-order valence-corrected chi connectivity index (χ4v) is 3.08. The van der Waals surface area contributed by atoms with E-state index in [1.165, 1.54) is 6.20 Å². The van der Waals surface area contributed by atoms with Crippen molar-refractivity contribution in [2.75, 3.05) is 0 Å². The molecule has 0 spiro atoms. The van der Waals surface area contributed by atoms with E-state index in [9.17, 15) is 9.18 Å². The number of pyridine rings is 1. The zero-order valence-corrected chi connectivity index (χ0v) is 13.6. The van der Waals surface area contributed by atoms with E-state index in [1.54, 1.807) is 35.0 Å². The topological polar surface area (TPSA) is 46.4 Å². The number of carbonyl (C=O) groups excluding carboxylic acids is 1. The molecule has 2 aromatic heterocycles. The first-order chi connectivity index (χ1) is 11.6. The van der Waals surface area contributed by atoms with Crippen molar-refractivity contribution in [3.8, 4) is 0 Å². The molecular formula is C18H15ClFN3O. The lowest BCUT2D eigenvalue weighted by molar-refractivity contribution is 0.0952. The third kappa shape index (κ3) is 2.76. The zero-order chi connectivity index (χ0) is 16.7. The molecule has 1 N–H and O–H groups in total. The van der Waals surface area contributed by atoms with Crippen LogP contribution in [0.2, 0.25) is 5.02 Å². The third-order valence-electron chi connectivity index (χ3n) is 4.30. The number of aromatic nitrogens is 2. The van der Waals surface area contributed by atoms with Gasteiger partial charge in [0.25, 0.3) is 5.91 Å². The summed E-state index contributed by atoms with van der Waals surface area (Å²) in [6.45, 7) is 0.122. The maximum Gasteiger partial charge on any atom is 0.255 e. The van der Waals surface area contributed by atoms with Crippen molar-refractivity contribution in [2.24, 2.45) is 0 Å². The minimum Gasteiger partial charge on any atom is -0.348 e. The van der Waals surface area contributed by atoms with Gasteiger partial charge in [0.15, 0.2) is 0 Å². The molecule has 1 fully saturated rings. The van der Waals surface area contributed by atoms with Crippen molar-refractivity contribution in [1.29, 1.82) is 0 Å². The molecule has 0 unspecified atom stereocenters. The number of rotatable bonds is 4. The summed E-state index contributed by atoms with van der Waals surface area (Å²) in [6, 6.07) is 8.71. The van der Waals surface area contributed by atoms with Crippen LogP contribution in [0.4, 0.5) is 4.39 Å². The molecule has 0 atom stereocenters. The normalized spacial score (nSPS) is 14.1. The van der Waals surface area contributed by atoms with Gasteiger partial charge in [-0.05, 0) is 42.5 Å². The van der Waals surface area contributed by atoms with Crippen molar-refractivity contribution in [2.45, 2.75) is 25.3 Å². The minimum atomic E-state index is -0.330. The molecular weight excluding hydrogens is 329 g/mol. The molecule has 1 aliphatic rings. The summed E-state index contributed by atoms with van der Waals surface area (Å²) in [5.41, 5.74) is 2.42. The Labute approximate surface area is 143 Å². The second-order valence-corrected chi connectivity index (χ2v) is 6.42. The molecule has 24 heavy (non-hydrogen) atoms. The van der Waals surface area contributed by atoms with E-state index >= 15 is 0 Å². The average Bonchev–Trinajstić information content (AvgIpc) is 3.33. The van der Waals surface area contributed by atoms with Gasteiger partial charge in [-0.15, -0.1) is 0 Å². The molecule has 4 rings (SSSR count). The number of nitrogens with one attached hydrogen (secondary N) is 1. The van der Waals surface area contributed by atoms with Crippen molar-refractivity contribution >= 4 is 23.0 Å². The van der Waals surface area contributed by atoms with Gasteiger partial charge in [-0.2, -0.15) is 5.10 Å². The number of hydrogen-bond acceptors (Lipinski definition) is 2. The molecule has 0 aliphatic heterocycles. The summed E-state index contributed by atoms with van der Waals surface area (Å²) in [5, 5.41) is 7.29. The maximum atomic E-state index is 14.2. The van der Waals surface area contributed by atoms with Gasteiger partial charge in [0, 0.05) is 18.3 Å². The summed E-state index contributed by atoms with van der Waals surface area (Å²) in [6.07, 6.45) is 5.44. The van der Waals surface area contributed by atoms with Gasteiger partial charge in [-0.25, -0.2) is 8.91 Å². The van der Waals surface area contributed by atoms with Crippen LogP contribution in [0.3, 0.4) is 0 Å². The predicted octanol–water partition coefficient (Wildman–Crippen LogP) is 3.93. The molecule has 1 aromatic carbocycles. The van der Waals surface area contributed by atoms with Crippen LogP contribution in [-0.4, -0.2) is 15.5 Å². The number of halogens is 2. The first kappa shape index (κ1) is 15.1. The van der Waals surface area contributed by atoms with Gasteiger partial charge in [0.2, 0.25) is 0 Å². The Hall–Kier alpha value is -2.40. The van der Waals surface area contributed by atoms with Crippen molar-refractivity contribution in [1.82, 2.24) is 14.9 Å². The van der Waals surface area contributed by atoms with Gasteiger partial charge in [-0.1, -0.05) is 23.7 Å². The van der Waals surface area contributed by atoms with Crippen LogP contribution in [-0.2, 0) is 6.54 Å². The number of fused-ring (bicyclic) bond motifs is 1. The summed E-state index contributed by atoms with van der Waals surface area (Å²) >= 11 is 6.14. The van der Waals surface area contributed by atoms with Crippen LogP contribution in [0, 0.1) is 5.82 Å². The lowest BCUT2D eigenvalue weighted by Crippen LogP contribution is -2.23. The highest BCUT2D eigenvalue weighted by Gasteiger charge is 2.24. The molecule has 1 saturated carbocycles. The largest absolute Gasteiger partial charge is 0.348 e. The number of carbonyl (C=O) groups is 1. The van der Waals surface area contributed by atoms with Crippen LogP contribution in [0.15, 0.2) is 42.7 Å². The Morgan fingerprint density at radius 2 is 2.21 bits per heavy atom. The molecule has 0 radical (unpaired) electrons. The lowest BCUT2D eigenvalue weighted by Gasteiger charge is -2.08. The molecule has 1 amide bonds. The Kier molecular flexibility index (Phi) is 3.73. The Balaban J connectivity index is 1.52. The van der Waals surface area contributed by atoms with Crippen LogP contribution in [0.5, 0.6) is 0 Å². The van der Waals surface area contributed by atoms with Gasteiger partial charge in [0.05, 0.1) is 22.3 Å². The van der Waals surface area contributed by atoms with Gasteiger partial charge < -0.3 is 5.32 Å². The third-order valence-corrected chi connectivity index (χ3v) is 4.61. The fraction of sp³-hybridized carbons (Fsp3) is 0.222. The van der Waals surface area contributed by atoms with Crippen molar-refractivity contribution in [3.63, 3.8) is 0 Å². The molecule has 0 bridgehead atoms. The monoisotopic (exact) mass is 343 g/mol. The summed E-state index contributed by atoms with van der Waals surface area (Å²) in [7, 11) is 0. The Bertz CT molecular complexity index is 933. The van der Waals surface area contributed by atoms with Crippen molar-refractivity contribution in [3.05, 3.63) is 70.3 Å². The second-order valence-electron chi connectivity index (χ2n) is 6.02. The Morgan fingerprint density at radius 3 is 2.96 bits per heavy atom. The first-order valence-corrected chi connectivity index (χ1v) is 8.19. The average molecular weight is 344 g/mol. The van der Waals surface area contributed by atoms with E-state index in [-0.39, 0.29) is 18.3 Å². The van der Waals surface area contributed by atoms with E-state index in [4.69, 9.17) is 11.6 Å². The summed E-state index contributed by atoms with van der Waals surface area (Å²) in [5.74, 6) is -0.106. The van der Waals surface area contributed by atoms with E-state index in [0.717, 1.165) is 18.4 Å². The lowest BCUT2D eigenvalue weighted by atomic mass is 10.1. The highest BCUT2D eigenvalue weighted by atomic mass is 35.5. The molecule has 0 saturated heterocycles. The fourth-order valence-electron chi connectivity index (χ4n) is 2.82. The maximum absolute atomic E-state index is 14.2. The number of hydrogen-bond donors (Lipinski definition) is 1. The quantitative estimate of drug-likeness (QED) is 0.780. The van der Waals surface area contributed by atoms with Gasteiger partial charge in [-0.3, -0.25) is 4.79 Å². The van der Waals surface area contributed by atoms with E-state index in [0.29, 0.717) is 27.6 Å². The first-order valence-electron chi connectivity index (χ1n) is 7.82. The molecule has 6 heteroatoms. The van der Waals surface area contributed by atoms with Gasteiger partial charge >= 0.3 is 0 Å². The second kappa shape index (κ2) is 5.91. The van der Waals surface area contributed by atoms with Crippen molar-refractivity contribution < 1.29 is 9.18 Å². The smallest absolute Gasteiger partial charge is 0.255 e. The molecule has 1 aliphatic carbocycles. The minimum absolute atomic E-state index is 0.122. The van der Waals surface area contributed by atoms with E-state index in [1.807, 2.05) is 6.07 Å². The predicted molar refractivity (Wildman–Crippen MR) is 89.7 cm³/mol. The number of benzene rings is 1. The highest BCUT2D eigenvalue weighted by molar-refractivity contribution is 6.34. The standard InChI is InChI=1S/C18H15ClFN3O/c19-15-2-1-7-23-17(15)14(10-22-23)18(24)21-9-13-6-5-12(8-16(13)20)11-3-4-11/h1-2,5-8,10-11H,3-4,9H2,(H,21,24). The summed E-state index contributed by atoms with van der Waals surface area (Å²) < 4.78 is 15.7. The molecule has 122 valence electrons. The Morgan fingerprint density at radius 1 is 1.38 bits per heavy atom.